The third-order valence-corrected chi connectivity index (χ3v) is 4.41. The minimum atomic E-state index is -0.0213. The van der Waals surface area contributed by atoms with Gasteiger partial charge in [-0.25, -0.2) is 5.43 Å². The van der Waals surface area contributed by atoms with Crippen LogP contribution in [-0.4, -0.2) is 36.2 Å². The van der Waals surface area contributed by atoms with Gasteiger partial charge >= 0.3 is 0 Å². The Hall–Kier alpha value is -1.20. The summed E-state index contributed by atoms with van der Waals surface area (Å²) in [5.41, 5.74) is 4.44. The number of nitrogens with one attached hydrogen (secondary N) is 1. The number of rotatable bonds is 5. The molecule has 21 heavy (non-hydrogen) atoms. The van der Waals surface area contributed by atoms with E-state index in [9.17, 15) is 4.79 Å². The van der Waals surface area contributed by atoms with Gasteiger partial charge in [-0.3, -0.25) is 4.79 Å². The van der Waals surface area contributed by atoms with E-state index in [2.05, 4.69) is 31.4 Å². The Bertz CT molecular complexity index is 510. The minimum absolute atomic E-state index is 0.0213. The number of halogens is 1. The van der Waals surface area contributed by atoms with Crippen LogP contribution in [0, 0.1) is 0 Å². The zero-order valence-corrected chi connectivity index (χ0v) is 14.0. The fourth-order valence-electron chi connectivity index (χ4n) is 2.46. The topological polar surface area (TPSA) is 44.7 Å². The average molecular weight is 352 g/mol. The monoisotopic (exact) mass is 351 g/mol. The van der Waals surface area contributed by atoms with Crippen molar-refractivity contribution < 1.29 is 4.79 Å². The van der Waals surface area contributed by atoms with E-state index in [1.54, 1.807) is 0 Å². The number of nitrogens with zero attached hydrogens (tertiary/aromatic N) is 2. The van der Waals surface area contributed by atoms with Crippen LogP contribution in [0.4, 0.5) is 0 Å². The Morgan fingerprint density at radius 3 is 2.71 bits per heavy atom. The van der Waals surface area contributed by atoms with E-state index < -0.39 is 0 Å². The first-order valence-electron chi connectivity index (χ1n) is 7.47. The van der Waals surface area contributed by atoms with E-state index in [1.807, 2.05) is 31.2 Å². The molecule has 0 bridgehead atoms. The van der Waals surface area contributed by atoms with Gasteiger partial charge in [0.05, 0.1) is 5.71 Å². The van der Waals surface area contributed by atoms with Crippen molar-refractivity contribution in [3.05, 3.63) is 34.3 Å². The van der Waals surface area contributed by atoms with E-state index in [1.165, 1.54) is 19.3 Å². The number of hydrogen-bond donors (Lipinski definition) is 1. The third kappa shape index (κ3) is 5.25. The SMILES string of the molecule is C/C(=N\NC(=O)CCN1CCCCC1)c1ccccc1Br. The summed E-state index contributed by atoms with van der Waals surface area (Å²) in [7, 11) is 0. The van der Waals surface area contributed by atoms with Crippen molar-refractivity contribution in [1.29, 1.82) is 0 Å². The van der Waals surface area contributed by atoms with Crippen molar-refractivity contribution in [1.82, 2.24) is 10.3 Å². The fourth-order valence-corrected chi connectivity index (χ4v) is 3.03. The Morgan fingerprint density at radius 2 is 2.00 bits per heavy atom. The molecule has 1 saturated heterocycles. The summed E-state index contributed by atoms with van der Waals surface area (Å²) in [4.78, 5) is 14.2. The second-order valence-corrected chi connectivity index (χ2v) is 6.22. The molecular weight excluding hydrogens is 330 g/mol. The molecule has 0 spiro atoms. The van der Waals surface area contributed by atoms with Gasteiger partial charge in [0.1, 0.15) is 0 Å². The number of benzene rings is 1. The van der Waals surface area contributed by atoms with Crippen LogP contribution in [0.25, 0.3) is 0 Å². The molecule has 0 saturated carbocycles. The predicted octanol–water partition coefficient (Wildman–Crippen LogP) is 3.17. The lowest BCUT2D eigenvalue weighted by Gasteiger charge is -2.25. The highest BCUT2D eigenvalue weighted by atomic mass is 79.9. The number of likely N-dealkylation sites (tertiary alicyclic amines) is 1. The summed E-state index contributed by atoms with van der Waals surface area (Å²) in [5.74, 6) is -0.0213. The van der Waals surface area contributed by atoms with Gasteiger partial charge in [-0.1, -0.05) is 40.5 Å². The molecule has 0 atom stereocenters. The lowest BCUT2D eigenvalue weighted by Crippen LogP contribution is -2.33. The minimum Gasteiger partial charge on any atom is -0.303 e. The maximum atomic E-state index is 11.8. The quantitative estimate of drug-likeness (QED) is 0.654. The summed E-state index contributed by atoms with van der Waals surface area (Å²) in [6.45, 7) is 4.96. The van der Waals surface area contributed by atoms with E-state index in [-0.39, 0.29) is 5.91 Å². The first kappa shape index (κ1) is 16.2. The first-order chi connectivity index (χ1) is 10.2. The van der Waals surface area contributed by atoms with Gasteiger partial charge in [0, 0.05) is 23.0 Å². The largest absolute Gasteiger partial charge is 0.303 e. The Morgan fingerprint density at radius 1 is 1.29 bits per heavy atom. The van der Waals surface area contributed by atoms with Crippen LogP contribution in [0.3, 0.4) is 0 Å². The molecule has 1 aromatic rings. The smallest absolute Gasteiger partial charge is 0.241 e. The van der Waals surface area contributed by atoms with Crippen molar-refractivity contribution in [3.8, 4) is 0 Å². The van der Waals surface area contributed by atoms with E-state index in [0.29, 0.717) is 6.42 Å². The first-order valence-corrected chi connectivity index (χ1v) is 8.26. The molecule has 0 aliphatic carbocycles. The zero-order valence-electron chi connectivity index (χ0n) is 12.4. The van der Waals surface area contributed by atoms with Gasteiger partial charge in [-0.05, 0) is 38.9 Å². The van der Waals surface area contributed by atoms with Crippen molar-refractivity contribution >= 4 is 27.5 Å². The molecule has 2 rings (SSSR count). The number of piperidine rings is 1. The Balaban J connectivity index is 1.79. The van der Waals surface area contributed by atoms with Crippen molar-refractivity contribution in [3.63, 3.8) is 0 Å². The third-order valence-electron chi connectivity index (χ3n) is 3.72. The van der Waals surface area contributed by atoms with Gasteiger partial charge in [0.25, 0.3) is 0 Å². The summed E-state index contributed by atoms with van der Waals surface area (Å²) in [6, 6.07) is 7.85. The number of carbonyl (C=O) groups is 1. The van der Waals surface area contributed by atoms with Crippen LogP contribution in [-0.2, 0) is 4.79 Å². The van der Waals surface area contributed by atoms with Gasteiger partial charge in [0.2, 0.25) is 5.91 Å². The number of amides is 1. The van der Waals surface area contributed by atoms with Crippen molar-refractivity contribution in [2.75, 3.05) is 19.6 Å². The molecule has 114 valence electrons. The zero-order chi connectivity index (χ0) is 15.1. The summed E-state index contributed by atoms with van der Waals surface area (Å²) >= 11 is 3.49. The molecule has 4 nitrogen and oxygen atoms in total. The van der Waals surface area contributed by atoms with Gasteiger partial charge in [-0.15, -0.1) is 0 Å². The summed E-state index contributed by atoms with van der Waals surface area (Å²) in [6.07, 6.45) is 4.33. The second kappa shape index (κ2) is 8.29. The van der Waals surface area contributed by atoms with Crippen LogP contribution in [0.1, 0.15) is 38.2 Å². The van der Waals surface area contributed by atoms with Crippen molar-refractivity contribution in [2.24, 2.45) is 5.10 Å². The van der Waals surface area contributed by atoms with E-state index >= 15 is 0 Å². The summed E-state index contributed by atoms with van der Waals surface area (Å²) in [5, 5.41) is 4.19. The number of hydrazone groups is 1. The fraction of sp³-hybridized carbons (Fsp3) is 0.500. The van der Waals surface area contributed by atoms with Gasteiger partial charge in [-0.2, -0.15) is 5.10 Å². The normalized spacial score (nSPS) is 16.8. The molecule has 1 aliphatic heterocycles. The molecule has 5 heteroatoms. The molecule has 0 aromatic heterocycles. The average Bonchev–Trinajstić information content (AvgIpc) is 2.52. The highest BCUT2D eigenvalue weighted by Crippen LogP contribution is 2.16. The van der Waals surface area contributed by atoms with Gasteiger partial charge in [0.15, 0.2) is 0 Å². The summed E-state index contributed by atoms with van der Waals surface area (Å²) < 4.78 is 0.980. The number of carbonyl (C=O) groups excluding carboxylic acids is 1. The second-order valence-electron chi connectivity index (χ2n) is 5.36. The van der Waals surface area contributed by atoms with Crippen LogP contribution < -0.4 is 5.43 Å². The van der Waals surface area contributed by atoms with Crippen molar-refractivity contribution in [2.45, 2.75) is 32.6 Å². The molecule has 1 aromatic carbocycles. The highest BCUT2D eigenvalue weighted by molar-refractivity contribution is 9.10. The van der Waals surface area contributed by atoms with Gasteiger partial charge < -0.3 is 4.90 Å². The maximum absolute atomic E-state index is 11.8. The van der Waals surface area contributed by atoms with Crippen LogP contribution in [0.2, 0.25) is 0 Å². The predicted molar refractivity (Wildman–Crippen MR) is 89.4 cm³/mol. The lowest BCUT2D eigenvalue weighted by molar-refractivity contribution is -0.121. The molecule has 1 amide bonds. The van der Waals surface area contributed by atoms with E-state index in [0.717, 1.165) is 35.4 Å². The van der Waals surface area contributed by atoms with Crippen LogP contribution in [0.5, 0.6) is 0 Å². The molecule has 1 fully saturated rings. The standard InChI is InChI=1S/C16H22BrN3O/c1-13(14-7-3-4-8-15(14)17)18-19-16(21)9-12-20-10-5-2-6-11-20/h3-4,7-8H,2,5-6,9-12H2,1H3,(H,19,21)/b18-13+. The Labute approximate surface area is 134 Å². The molecule has 1 heterocycles. The van der Waals surface area contributed by atoms with Crippen LogP contribution >= 0.6 is 15.9 Å². The maximum Gasteiger partial charge on any atom is 0.241 e. The van der Waals surface area contributed by atoms with Crippen LogP contribution in [0.15, 0.2) is 33.8 Å². The Kier molecular flexibility index (Phi) is 6.39. The molecule has 1 aliphatic rings. The molecule has 0 radical (unpaired) electrons. The van der Waals surface area contributed by atoms with E-state index in [4.69, 9.17) is 0 Å². The molecule has 0 unspecified atom stereocenters. The molecule has 1 N–H and O–H groups in total. The highest BCUT2D eigenvalue weighted by Gasteiger charge is 2.11. The molecular formula is C16H22BrN3O. The lowest BCUT2D eigenvalue weighted by atomic mass is 10.1. The number of hydrogen-bond acceptors (Lipinski definition) is 3.